The Hall–Kier alpha value is -0.970. The average molecular weight is 248 g/mol. The minimum absolute atomic E-state index is 0.153. The largest absolute Gasteiger partial charge is 0.329 e. The summed E-state index contributed by atoms with van der Waals surface area (Å²) in [6, 6.07) is 4.59. The smallest absolute Gasteiger partial charge is 0.0354 e. The van der Waals surface area contributed by atoms with Crippen LogP contribution in [0.15, 0.2) is 24.5 Å². The number of aromatic nitrogens is 1. The maximum atomic E-state index is 5.95. The molecule has 0 aliphatic carbocycles. The van der Waals surface area contributed by atoms with Crippen LogP contribution in [0.25, 0.3) is 0 Å². The lowest BCUT2D eigenvalue weighted by molar-refractivity contribution is -0.0187. The Morgan fingerprint density at radius 2 is 2.06 bits per heavy atom. The molecule has 1 saturated heterocycles. The first-order chi connectivity index (χ1) is 8.53. The van der Waals surface area contributed by atoms with Crippen LogP contribution in [0.5, 0.6) is 0 Å². The minimum Gasteiger partial charge on any atom is -0.329 e. The zero-order valence-corrected chi connectivity index (χ0v) is 11.6. The van der Waals surface area contributed by atoms with Gasteiger partial charge in [-0.15, -0.1) is 0 Å². The molecule has 4 nitrogen and oxygen atoms in total. The molecule has 0 saturated carbocycles. The number of rotatable bonds is 3. The van der Waals surface area contributed by atoms with Gasteiger partial charge in [0, 0.05) is 50.2 Å². The van der Waals surface area contributed by atoms with Crippen molar-refractivity contribution in [3.63, 3.8) is 0 Å². The van der Waals surface area contributed by atoms with Crippen molar-refractivity contribution in [3.05, 3.63) is 30.1 Å². The second-order valence-corrected chi connectivity index (χ2v) is 5.88. The first-order valence-corrected chi connectivity index (χ1v) is 6.57. The molecule has 2 N–H and O–H groups in total. The molecule has 1 aromatic heterocycles. The van der Waals surface area contributed by atoms with Crippen LogP contribution in [0.4, 0.5) is 0 Å². The molecule has 2 heterocycles. The second kappa shape index (κ2) is 5.34. The molecule has 18 heavy (non-hydrogen) atoms. The molecule has 2 rings (SSSR count). The van der Waals surface area contributed by atoms with Gasteiger partial charge in [0.1, 0.15) is 0 Å². The van der Waals surface area contributed by atoms with E-state index in [4.69, 9.17) is 5.73 Å². The summed E-state index contributed by atoms with van der Waals surface area (Å²) in [6.45, 7) is 8.38. The van der Waals surface area contributed by atoms with Gasteiger partial charge in [0.05, 0.1) is 0 Å². The highest BCUT2D eigenvalue weighted by atomic mass is 15.3. The quantitative estimate of drug-likeness (QED) is 0.864. The molecule has 0 spiro atoms. The summed E-state index contributed by atoms with van der Waals surface area (Å²) in [5.74, 6) is 0. The van der Waals surface area contributed by atoms with Gasteiger partial charge in [-0.25, -0.2) is 0 Å². The molecule has 1 aliphatic rings. The lowest BCUT2D eigenvalue weighted by Crippen LogP contribution is -2.64. The zero-order chi connectivity index (χ0) is 13.2. The highest BCUT2D eigenvalue weighted by Crippen LogP contribution is 2.26. The maximum Gasteiger partial charge on any atom is 0.0354 e. The van der Waals surface area contributed by atoms with Crippen molar-refractivity contribution in [1.29, 1.82) is 0 Å². The molecule has 1 atom stereocenters. The fourth-order valence-corrected chi connectivity index (χ4v) is 3.00. The van der Waals surface area contributed by atoms with E-state index >= 15 is 0 Å². The highest BCUT2D eigenvalue weighted by Gasteiger charge is 2.37. The minimum atomic E-state index is 0.153. The Morgan fingerprint density at radius 3 is 2.67 bits per heavy atom. The normalized spacial score (nSPS) is 25.2. The van der Waals surface area contributed by atoms with E-state index in [1.165, 1.54) is 5.56 Å². The lowest BCUT2D eigenvalue weighted by atomic mass is 9.94. The summed E-state index contributed by atoms with van der Waals surface area (Å²) >= 11 is 0. The maximum absolute atomic E-state index is 5.95. The molecule has 100 valence electrons. The topological polar surface area (TPSA) is 45.4 Å². The van der Waals surface area contributed by atoms with E-state index in [0.717, 1.165) is 19.6 Å². The fourth-order valence-electron chi connectivity index (χ4n) is 3.00. The lowest BCUT2D eigenvalue weighted by Gasteiger charge is -2.51. The first kappa shape index (κ1) is 13.5. The average Bonchev–Trinajstić information content (AvgIpc) is 2.33. The van der Waals surface area contributed by atoms with Gasteiger partial charge in [-0.2, -0.15) is 0 Å². The van der Waals surface area contributed by atoms with Gasteiger partial charge < -0.3 is 10.6 Å². The van der Waals surface area contributed by atoms with Crippen LogP contribution in [-0.2, 0) is 6.54 Å². The van der Waals surface area contributed by atoms with Crippen molar-refractivity contribution < 1.29 is 0 Å². The molecule has 4 heteroatoms. The van der Waals surface area contributed by atoms with Gasteiger partial charge >= 0.3 is 0 Å². The molecular weight excluding hydrogens is 224 g/mol. The van der Waals surface area contributed by atoms with Gasteiger partial charge in [-0.3, -0.25) is 9.88 Å². The van der Waals surface area contributed by atoms with Gasteiger partial charge in [-0.05, 0) is 38.6 Å². The zero-order valence-electron chi connectivity index (χ0n) is 11.6. The van der Waals surface area contributed by atoms with Gasteiger partial charge in [-0.1, -0.05) is 0 Å². The second-order valence-electron chi connectivity index (χ2n) is 5.88. The molecule has 0 aromatic carbocycles. The summed E-state index contributed by atoms with van der Waals surface area (Å²) in [4.78, 5) is 8.98. The number of hydrogen-bond acceptors (Lipinski definition) is 4. The molecule has 0 bridgehead atoms. The van der Waals surface area contributed by atoms with Crippen molar-refractivity contribution in [1.82, 2.24) is 14.8 Å². The van der Waals surface area contributed by atoms with E-state index in [0.29, 0.717) is 12.6 Å². The molecule has 0 radical (unpaired) electrons. The summed E-state index contributed by atoms with van der Waals surface area (Å²) in [6.07, 6.45) is 3.71. The van der Waals surface area contributed by atoms with Gasteiger partial charge in [0.2, 0.25) is 0 Å². The van der Waals surface area contributed by atoms with E-state index < -0.39 is 0 Å². The van der Waals surface area contributed by atoms with Crippen LogP contribution in [0.1, 0.15) is 19.4 Å². The molecule has 0 amide bonds. The van der Waals surface area contributed by atoms with Gasteiger partial charge in [0.25, 0.3) is 0 Å². The molecule has 1 fully saturated rings. The van der Waals surface area contributed by atoms with Crippen molar-refractivity contribution in [2.45, 2.75) is 32.0 Å². The summed E-state index contributed by atoms with van der Waals surface area (Å²) in [5.41, 5.74) is 7.41. The monoisotopic (exact) mass is 248 g/mol. The third-order valence-corrected chi connectivity index (χ3v) is 3.77. The highest BCUT2D eigenvalue weighted by molar-refractivity contribution is 5.11. The Bertz CT molecular complexity index is 377. The number of pyridine rings is 1. The number of nitrogens with two attached hydrogens (primary N) is 1. The molecule has 1 unspecified atom stereocenters. The standard InChI is InChI=1S/C14H24N4/c1-14(2)11-17(3)10-13(8-15)18(14)9-12-4-6-16-7-5-12/h4-7,13H,8-11,15H2,1-3H3. The van der Waals surface area contributed by atoms with Crippen molar-refractivity contribution >= 4 is 0 Å². The third kappa shape index (κ3) is 2.88. The van der Waals surface area contributed by atoms with E-state index in [2.05, 4.69) is 47.8 Å². The van der Waals surface area contributed by atoms with Crippen molar-refractivity contribution in [3.8, 4) is 0 Å². The number of hydrogen-bond donors (Lipinski definition) is 1. The van der Waals surface area contributed by atoms with Crippen LogP contribution < -0.4 is 5.73 Å². The van der Waals surface area contributed by atoms with Crippen LogP contribution >= 0.6 is 0 Å². The molecular formula is C14H24N4. The SMILES string of the molecule is CN1CC(CN)N(Cc2ccncc2)C(C)(C)C1. The van der Waals surface area contributed by atoms with Crippen LogP contribution in [0.2, 0.25) is 0 Å². The Labute approximate surface area is 110 Å². The Balaban J connectivity index is 2.17. The Kier molecular flexibility index (Phi) is 4.00. The van der Waals surface area contributed by atoms with E-state index in [1.54, 1.807) is 0 Å². The van der Waals surface area contributed by atoms with Crippen LogP contribution in [-0.4, -0.2) is 53.0 Å². The predicted molar refractivity (Wildman–Crippen MR) is 74.2 cm³/mol. The number of piperazine rings is 1. The summed E-state index contributed by atoms with van der Waals surface area (Å²) < 4.78 is 0. The first-order valence-electron chi connectivity index (χ1n) is 6.57. The van der Waals surface area contributed by atoms with Crippen LogP contribution in [0.3, 0.4) is 0 Å². The Morgan fingerprint density at radius 1 is 1.39 bits per heavy atom. The van der Waals surface area contributed by atoms with E-state index in [1.807, 2.05) is 12.4 Å². The molecule has 1 aliphatic heterocycles. The van der Waals surface area contributed by atoms with Crippen LogP contribution in [0, 0.1) is 0 Å². The van der Waals surface area contributed by atoms with E-state index in [-0.39, 0.29) is 5.54 Å². The van der Waals surface area contributed by atoms with Crippen molar-refractivity contribution in [2.75, 3.05) is 26.7 Å². The number of nitrogens with zero attached hydrogens (tertiary/aromatic N) is 3. The third-order valence-electron chi connectivity index (χ3n) is 3.77. The van der Waals surface area contributed by atoms with Crippen molar-refractivity contribution in [2.24, 2.45) is 5.73 Å². The molecule has 1 aromatic rings. The summed E-state index contributed by atoms with van der Waals surface area (Å²) in [7, 11) is 2.17. The van der Waals surface area contributed by atoms with Gasteiger partial charge in [0.15, 0.2) is 0 Å². The van der Waals surface area contributed by atoms with E-state index in [9.17, 15) is 0 Å². The predicted octanol–water partition coefficient (Wildman–Crippen LogP) is 0.935. The summed E-state index contributed by atoms with van der Waals surface area (Å²) in [5, 5.41) is 0. The fraction of sp³-hybridized carbons (Fsp3) is 0.643. The number of likely N-dealkylation sites (N-methyl/N-ethyl adjacent to an activating group) is 1.